The number of anilines is 1. The van der Waals surface area contributed by atoms with Crippen molar-refractivity contribution in [2.75, 3.05) is 5.32 Å². The van der Waals surface area contributed by atoms with E-state index >= 15 is 0 Å². The zero-order chi connectivity index (χ0) is 13.8. The molecule has 0 radical (unpaired) electrons. The Bertz CT molecular complexity index is 586. The number of pyridine rings is 1. The summed E-state index contributed by atoms with van der Waals surface area (Å²) in [6.07, 6.45) is 1.79. The number of nitrogens with one attached hydrogen (secondary N) is 1. The lowest BCUT2D eigenvalue weighted by atomic mass is 10.1. The first kappa shape index (κ1) is 14.0. The van der Waals surface area contributed by atoms with Crippen LogP contribution in [0.5, 0.6) is 0 Å². The highest BCUT2D eigenvalue weighted by molar-refractivity contribution is 9.10. The van der Waals surface area contributed by atoms with Gasteiger partial charge in [-0.05, 0) is 53.2 Å². The number of benzene rings is 1. The van der Waals surface area contributed by atoms with Crippen molar-refractivity contribution in [1.82, 2.24) is 4.98 Å². The highest BCUT2D eigenvalue weighted by Crippen LogP contribution is 2.24. The van der Waals surface area contributed by atoms with Crippen LogP contribution in [0.1, 0.15) is 24.2 Å². The first-order valence-electron chi connectivity index (χ1n) is 5.84. The SMILES string of the molecule is CC(Nc1ccc(C(N)=S)c(Br)c1)c1ccccn1. The van der Waals surface area contributed by atoms with Crippen LogP contribution in [0.3, 0.4) is 0 Å². The molecule has 98 valence electrons. The summed E-state index contributed by atoms with van der Waals surface area (Å²) in [4.78, 5) is 4.71. The Morgan fingerprint density at radius 1 is 1.37 bits per heavy atom. The van der Waals surface area contributed by atoms with E-state index in [9.17, 15) is 0 Å². The predicted molar refractivity (Wildman–Crippen MR) is 86.3 cm³/mol. The molecule has 1 aromatic heterocycles. The maximum Gasteiger partial charge on any atom is 0.105 e. The number of nitrogens with zero attached hydrogens (tertiary/aromatic N) is 1. The summed E-state index contributed by atoms with van der Waals surface area (Å²) in [5.41, 5.74) is 8.45. The minimum Gasteiger partial charge on any atom is -0.389 e. The van der Waals surface area contributed by atoms with Gasteiger partial charge < -0.3 is 11.1 Å². The second-order valence-corrected chi connectivity index (χ2v) is 5.47. The molecule has 1 heterocycles. The molecule has 0 aliphatic carbocycles. The summed E-state index contributed by atoms with van der Waals surface area (Å²) in [6, 6.07) is 11.8. The zero-order valence-electron chi connectivity index (χ0n) is 10.4. The largest absolute Gasteiger partial charge is 0.389 e. The maximum atomic E-state index is 5.63. The molecular weight excluding hydrogens is 322 g/mol. The average molecular weight is 336 g/mol. The lowest BCUT2D eigenvalue weighted by molar-refractivity contribution is 0.839. The van der Waals surface area contributed by atoms with Crippen LogP contribution in [0, 0.1) is 0 Å². The van der Waals surface area contributed by atoms with Crippen LogP contribution in [0.25, 0.3) is 0 Å². The zero-order valence-corrected chi connectivity index (χ0v) is 12.8. The van der Waals surface area contributed by atoms with Crippen molar-refractivity contribution >= 4 is 38.8 Å². The molecule has 1 aromatic carbocycles. The normalized spacial score (nSPS) is 11.9. The molecule has 0 bridgehead atoms. The van der Waals surface area contributed by atoms with E-state index in [0.717, 1.165) is 21.4 Å². The number of thiocarbonyl (C=S) groups is 1. The molecule has 5 heteroatoms. The van der Waals surface area contributed by atoms with Crippen LogP contribution in [0.2, 0.25) is 0 Å². The highest BCUT2D eigenvalue weighted by Gasteiger charge is 2.08. The van der Waals surface area contributed by atoms with Gasteiger partial charge in [-0.15, -0.1) is 0 Å². The number of hydrogen-bond acceptors (Lipinski definition) is 3. The maximum absolute atomic E-state index is 5.63. The van der Waals surface area contributed by atoms with Gasteiger partial charge in [-0.3, -0.25) is 4.98 Å². The quantitative estimate of drug-likeness (QED) is 0.837. The number of nitrogens with two attached hydrogens (primary N) is 1. The summed E-state index contributed by atoms with van der Waals surface area (Å²) in [6.45, 7) is 2.07. The first-order chi connectivity index (χ1) is 9.08. The monoisotopic (exact) mass is 335 g/mol. The lowest BCUT2D eigenvalue weighted by Gasteiger charge is -2.15. The van der Waals surface area contributed by atoms with Gasteiger partial charge in [0.05, 0.1) is 11.7 Å². The van der Waals surface area contributed by atoms with E-state index in [1.165, 1.54) is 0 Å². The van der Waals surface area contributed by atoms with Gasteiger partial charge >= 0.3 is 0 Å². The summed E-state index contributed by atoms with van der Waals surface area (Å²) in [7, 11) is 0. The molecular formula is C14H14BrN3S. The Labute approximate surface area is 126 Å². The Balaban J connectivity index is 2.16. The van der Waals surface area contributed by atoms with E-state index in [2.05, 4.69) is 33.2 Å². The summed E-state index contributed by atoms with van der Waals surface area (Å²) < 4.78 is 0.887. The summed E-state index contributed by atoms with van der Waals surface area (Å²) in [5.74, 6) is 0. The Morgan fingerprint density at radius 2 is 2.16 bits per heavy atom. The standard InChI is InChI=1S/C14H14BrN3S/c1-9(13-4-2-3-7-17-13)18-10-5-6-11(14(16)19)12(15)8-10/h2-9,18H,1H3,(H2,16,19). The van der Waals surface area contributed by atoms with E-state index in [0.29, 0.717) is 4.99 Å². The van der Waals surface area contributed by atoms with Crippen molar-refractivity contribution in [3.63, 3.8) is 0 Å². The second-order valence-electron chi connectivity index (χ2n) is 4.18. The molecule has 2 aromatic rings. The van der Waals surface area contributed by atoms with Gasteiger partial charge in [0, 0.05) is 21.9 Å². The van der Waals surface area contributed by atoms with E-state index in [4.69, 9.17) is 18.0 Å². The van der Waals surface area contributed by atoms with Crippen LogP contribution in [0.4, 0.5) is 5.69 Å². The number of aromatic nitrogens is 1. The van der Waals surface area contributed by atoms with Gasteiger partial charge in [0.15, 0.2) is 0 Å². The van der Waals surface area contributed by atoms with E-state index in [1.54, 1.807) is 6.20 Å². The van der Waals surface area contributed by atoms with Crippen LogP contribution < -0.4 is 11.1 Å². The second kappa shape index (κ2) is 6.12. The van der Waals surface area contributed by atoms with Crippen molar-refractivity contribution in [3.8, 4) is 0 Å². The molecule has 0 aliphatic heterocycles. The third kappa shape index (κ3) is 3.52. The highest BCUT2D eigenvalue weighted by atomic mass is 79.9. The van der Waals surface area contributed by atoms with Crippen molar-refractivity contribution in [2.45, 2.75) is 13.0 Å². The molecule has 0 fully saturated rings. The van der Waals surface area contributed by atoms with Crippen molar-refractivity contribution in [1.29, 1.82) is 0 Å². The molecule has 0 aliphatic rings. The first-order valence-corrected chi connectivity index (χ1v) is 7.05. The Kier molecular flexibility index (Phi) is 4.50. The van der Waals surface area contributed by atoms with E-state index in [-0.39, 0.29) is 6.04 Å². The van der Waals surface area contributed by atoms with Gasteiger partial charge in [-0.1, -0.05) is 18.3 Å². The third-order valence-corrected chi connectivity index (χ3v) is 3.63. The summed E-state index contributed by atoms with van der Waals surface area (Å²) in [5, 5.41) is 3.39. The van der Waals surface area contributed by atoms with Crippen molar-refractivity contribution < 1.29 is 0 Å². The summed E-state index contributed by atoms with van der Waals surface area (Å²) >= 11 is 8.45. The number of rotatable bonds is 4. The molecule has 2 rings (SSSR count). The number of halogens is 1. The predicted octanol–water partition coefficient (Wildman–Crippen LogP) is 3.65. The minimum absolute atomic E-state index is 0.128. The third-order valence-electron chi connectivity index (χ3n) is 2.75. The fraction of sp³-hybridized carbons (Fsp3) is 0.143. The molecule has 0 spiro atoms. The molecule has 0 saturated heterocycles. The molecule has 3 nitrogen and oxygen atoms in total. The molecule has 0 saturated carbocycles. The van der Waals surface area contributed by atoms with E-state index in [1.807, 2.05) is 36.4 Å². The van der Waals surface area contributed by atoms with Gasteiger partial charge in [-0.25, -0.2) is 0 Å². The average Bonchev–Trinajstić information content (AvgIpc) is 2.39. The van der Waals surface area contributed by atoms with Crippen LogP contribution in [-0.4, -0.2) is 9.97 Å². The van der Waals surface area contributed by atoms with Crippen molar-refractivity contribution in [2.24, 2.45) is 5.73 Å². The Hall–Kier alpha value is -1.46. The van der Waals surface area contributed by atoms with Gasteiger partial charge in [-0.2, -0.15) is 0 Å². The fourth-order valence-electron chi connectivity index (χ4n) is 1.76. The molecule has 19 heavy (non-hydrogen) atoms. The molecule has 1 unspecified atom stereocenters. The van der Waals surface area contributed by atoms with Gasteiger partial charge in [0.1, 0.15) is 4.99 Å². The molecule has 3 N–H and O–H groups in total. The van der Waals surface area contributed by atoms with Gasteiger partial charge in [0.25, 0.3) is 0 Å². The molecule has 0 amide bonds. The van der Waals surface area contributed by atoms with E-state index < -0.39 is 0 Å². The fourth-order valence-corrected chi connectivity index (χ4v) is 2.66. The Morgan fingerprint density at radius 3 is 2.74 bits per heavy atom. The smallest absolute Gasteiger partial charge is 0.105 e. The van der Waals surface area contributed by atoms with Crippen molar-refractivity contribution in [3.05, 3.63) is 58.3 Å². The topological polar surface area (TPSA) is 50.9 Å². The number of hydrogen-bond donors (Lipinski definition) is 2. The molecule has 1 atom stereocenters. The van der Waals surface area contributed by atoms with Crippen LogP contribution in [-0.2, 0) is 0 Å². The lowest BCUT2D eigenvalue weighted by Crippen LogP contribution is -2.11. The van der Waals surface area contributed by atoms with Crippen LogP contribution in [0.15, 0.2) is 47.1 Å². The minimum atomic E-state index is 0.128. The van der Waals surface area contributed by atoms with Crippen LogP contribution >= 0.6 is 28.1 Å². The van der Waals surface area contributed by atoms with Gasteiger partial charge in [0.2, 0.25) is 0 Å².